The number of urea groups is 1. The zero-order chi connectivity index (χ0) is 16.1. The lowest BCUT2D eigenvalue weighted by atomic mass is 9.88. The average Bonchev–Trinajstić information content (AvgIpc) is 2.51. The Kier molecular flexibility index (Phi) is 4.83. The average molecular weight is 302 g/mol. The van der Waals surface area contributed by atoms with Crippen LogP contribution in [-0.4, -0.2) is 25.7 Å². The number of para-hydroxylation sites is 1. The summed E-state index contributed by atoms with van der Waals surface area (Å²) in [5.74, 6) is -0.675. The lowest BCUT2D eigenvalue weighted by Gasteiger charge is -2.33. The van der Waals surface area contributed by atoms with Crippen molar-refractivity contribution in [1.82, 2.24) is 10.6 Å². The highest BCUT2D eigenvalue weighted by Gasteiger charge is 2.39. The van der Waals surface area contributed by atoms with Gasteiger partial charge in [0.25, 0.3) is 0 Å². The van der Waals surface area contributed by atoms with E-state index < -0.39 is 24.0 Å². The molecule has 22 heavy (non-hydrogen) atoms. The van der Waals surface area contributed by atoms with Crippen molar-refractivity contribution in [2.75, 3.05) is 13.7 Å². The van der Waals surface area contributed by atoms with Gasteiger partial charge in [-0.05, 0) is 6.07 Å². The van der Waals surface area contributed by atoms with Gasteiger partial charge in [-0.3, -0.25) is 4.79 Å². The van der Waals surface area contributed by atoms with Crippen LogP contribution in [0, 0.1) is 5.92 Å². The van der Waals surface area contributed by atoms with Gasteiger partial charge in [0.1, 0.15) is 18.3 Å². The molecule has 2 atom stereocenters. The lowest BCUT2D eigenvalue weighted by molar-refractivity contribution is -0.147. The fourth-order valence-electron chi connectivity index (χ4n) is 2.38. The summed E-state index contributed by atoms with van der Waals surface area (Å²) < 4.78 is 10.4. The quantitative estimate of drug-likeness (QED) is 0.643. The highest BCUT2D eigenvalue weighted by molar-refractivity contribution is 5.85. The van der Waals surface area contributed by atoms with Gasteiger partial charge >= 0.3 is 12.0 Å². The Hall–Kier alpha value is -2.76. The molecule has 0 saturated carbocycles. The van der Waals surface area contributed by atoms with E-state index in [4.69, 9.17) is 9.47 Å². The van der Waals surface area contributed by atoms with Crippen LogP contribution in [0.1, 0.15) is 11.6 Å². The van der Waals surface area contributed by atoms with Gasteiger partial charge in [0.2, 0.25) is 0 Å². The van der Waals surface area contributed by atoms with Crippen molar-refractivity contribution < 1.29 is 19.1 Å². The van der Waals surface area contributed by atoms with Crippen molar-refractivity contribution in [3.63, 3.8) is 0 Å². The van der Waals surface area contributed by atoms with Gasteiger partial charge in [0.15, 0.2) is 0 Å². The van der Waals surface area contributed by atoms with Crippen LogP contribution in [-0.2, 0) is 9.53 Å². The first-order valence-electron chi connectivity index (χ1n) is 6.75. The van der Waals surface area contributed by atoms with E-state index in [-0.39, 0.29) is 12.3 Å². The molecule has 2 rings (SSSR count). The Balaban J connectivity index is 2.38. The predicted molar refractivity (Wildman–Crippen MR) is 81.2 cm³/mol. The van der Waals surface area contributed by atoms with Crippen molar-refractivity contribution in [3.05, 3.63) is 54.8 Å². The minimum atomic E-state index is -0.756. The second kappa shape index (κ2) is 6.80. The fraction of sp³-hybridized carbons (Fsp3) is 0.250. The molecule has 0 aliphatic carbocycles. The number of esters is 1. The molecule has 6 heteroatoms. The van der Waals surface area contributed by atoms with Crippen LogP contribution in [0.25, 0.3) is 0 Å². The fourth-order valence-corrected chi connectivity index (χ4v) is 2.38. The molecule has 1 aliphatic rings. The van der Waals surface area contributed by atoms with Crippen LogP contribution < -0.4 is 15.4 Å². The molecule has 116 valence electrons. The van der Waals surface area contributed by atoms with Gasteiger partial charge in [-0.1, -0.05) is 37.4 Å². The number of ether oxygens (including phenoxy) is 2. The summed E-state index contributed by atoms with van der Waals surface area (Å²) in [6.45, 7) is 7.37. The first-order chi connectivity index (χ1) is 10.6. The number of methoxy groups -OCH3 is 1. The summed E-state index contributed by atoms with van der Waals surface area (Å²) in [7, 11) is 1.53. The van der Waals surface area contributed by atoms with Gasteiger partial charge in [0.05, 0.1) is 13.2 Å². The van der Waals surface area contributed by atoms with E-state index in [1.54, 1.807) is 18.2 Å². The van der Waals surface area contributed by atoms with Crippen LogP contribution in [0.4, 0.5) is 4.79 Å². The Morgan fingerprint density at radius 1 is 1.41 bits per heavy atom. The van der Waals surface area contributed by atoms with Crippen LogP contribution in [0.15, 0.2) is 49.2 Å². The molecule has 0 bridgehead atoms. The molecule has 2 amide bonds. The van der Waals surface area contributed by atoms with E-state index in [0.29, 0.717) is 11.3 Å². The Labute approximate surface area is 128 Å². The van der Waals surface area contributed by atoms with Gasteiger partial charge in [-0.2, -0.15) is 0 Å². The molecule has 1 aliphatic heterocycles. The Bertz CT molecular complexity index is 612. The van der Waals surface area contributed by atoms with Crippen molar-refractivity contribution >= 4 is 12.0 Å². The number of hydrogen-bond acceptors (Lipinski definition) is 4. The predicted octanol–water partition coefficient (Wildman–Crippen LogP) is 1.91. The zero-order valence-corrected chi connectivity index (χ0v) is 12.3. The Morgan fingerprint density at radius 2 is 2.14 bits per heavy atom. The van der Waals surface area contributed by atoms with Crippen molar-refractivity contribution in [2.45, 2.75) is 6.04 Å². The summed E-state index contributed by atoms with van der Waals surface area (Å²) in [6.07, 6.45) is 1.48. The summed E-state index contributed by atoms with van der Waals surface area (Å²) in [4.78, 5) is 24.0. The minimum Gasteiger partial charge on any atom is -0.496 e. The van der Waals surface area contributed by atoms with E-state index in [0.717, 1.165) is 0 Å². The maximum Gasteiger partial charge on any atom is 0.319 e. The minimum absolute atomic E-state index is 0.0925. The van der Waals surface area contributed by atoms with Crippen LogP contribution in [0.3, 0.4) is 0 Å². The van der Waals surface area contributed by atoms with Crippen molar-refractivity contribution in [3.8, 4) is 5.75 Å². The number of benzene rings is 1. The number of carbonyl (C=O) groups excluding carboxylic acids is 2. The van der Waals surface area contributed by atoms with Gasteiger partial charge < -0.3 is 20.1 Å². The molecule has 0 unspecified atom stereocenters. The topological polar surface area (TPSA) is 76.7 Å². The van der Waals surface area contributed by atoms with E-state index in [1.807, 2.05) is 6.07 Å². The number of amides is 2. The molecule has 6 nitrogen and oxygen atoms in total. The van der Waals surface area contributed by atoms with Crippen molar-refractivity contribution in [2.24, 2.45) is 5.92 Å². The third-order valence-corrected chi connectivity index (χ3v) is 3.34. The molecule has 0 radical (unpaired) electrons. The number of hydrogen-bond donors (Lipinski definition) is 2. The molecule has 1 saturated heterocycles. The van der Waals surface area contributed by atoms with E-state index in [2.05, 4.69) is 23.8 Å². The number of rotatable bonds is 5. The molecule has 1 heterocycles. The van der Waals surface area contributed by atoms with Gasteiger partial charge in [-0.15, -0.1) is 0 Å². The van der Waals surface area contributed by atoms with Crippen LogP contribution in [0.2, 0.25) is 0 Å². The smallest absolute Gasteiger partial charge is 0.319 e. The molecule has 1 aromatic rings. The summed E-state index contributed by atoms with van der Waals surface area (Å²) in [5.41, 5.74) is 0.968. The maximum absolute atomic E-state index is 12.3. The SMILES string of the molecule is C=CCOC(=O)[C@H]1C(=C)NC(=O)N[C@@H]1c1ccccc1OC. The molecule has 0 aromatic heterocycles. The van der Waals surface area contributed by atoms with Gasteiger partial charge in [0, 0.05) is 11.3 Å². The second-order valence-electron chi connectivity index (χ2n) is 4.74. The third-order valence-electron chi connectivity index (χ3n) is 3.34. The summed E-state index contributed by atoms with van der Waals surface area (Å²) in [6, 6.07) is 6.13. The lowest BCUT2D eigenvalue weighted by Crippen LogP contribution is -2.51. The number of carbonyl (C=O) groups is 2. The third kappa shape index (κ3) is 3.11. The molecule has 2 N–H and O–H groups in total. The van der Waals surface area contributed by atoms with E-state index in [9.17, 15) is 9.59 Å². The highest BCUT2D eigenvalue weighted by Crippen LogP contribution is 2.35. The van der Waals surface area contributed by atoms with Crippen molar-refractivity contribution in [1.29, 1.82) is 0 Å². The molecular formula is C16H18N2O4. The molecule has 1 fully saturated rings. The monoisotopic (exact) mass is 302 g/mol. The Morgan fingerprint density at radius 3 is 2.82 bits per heavy atom. The van der Waals surface area contributed by atoms with Gasteiger partial charge in [-0.25, -0.2) is 4.79 Å². The normalized spacial score (nSPS) is 20.6. The molecular weight excluding hydrogens is 284 g/mol. The molecule has 0 spiro atoms. The summed E-state index contributed by atoms with van der Waals surface area (Å²) in [5, 5.41) is 5.24. The zero-order valence-electron chi connectivity index (χ0n) is 12.3. The first-order valence-corrected chi connectivity index (χ1v) is 6.75. The molecule has 1 aromatic carbocycles. The largest absolute Gasteiger partial charge is 0.496 e. The van der Waals surface area contributed by atoms with E-state index in [1.165, 1.54) is 13.2 Å². The van der Waals surface area contributed by atoms with Crippen LogP contribution >= 0.6 is 0 Å². The van der Waals surface area contributed by atoms with E-state index >= 15 is 0 Å². The number of nitrogens with one attached hydrogen (secondary N) is 2. The second-order valence-corrected chi connectivity index (χ2v) is 4.74. The standard InChI is InChI=1S/C16H18N2O4/c1-4-9-22-15(19)13-10(2)17-16(20)18-14(13)11-7-5-6-8-12(11)21-3/h4-8,13-14H,1-2,9H2,3H3,(H2,17,18,20)/t13-,14+/m0/s1. The maximum atomic E-state index is 12.3. The highest BCUT2D eigenvalue weighted by atomic mass is 16.5. The summed E-state index contributed by atoms with van der Waals surface area (Å²) >= 11 is 0. The van der Waals surface area contributed by atoms with Crippen LogP contribution in [0.5, 0.6) is 5.75 Å². The first kappa shape index (κ1) is 15.6.